The smallest absolute Gasteiger partial charge is 0.0669 e. The van der Waals surface area contributed by atoms with Crippen molar-refractivity contribution in [3.63, 3.8) is 0 Å². The SMILES string of the molecule is C[Si](C)C[Si](C(C)(C)C)(C(C)(C)C)C(C)(C)C. The van der Waals surface area contributed by atoms with Gasteiger partial charge in [0.25, 0.3) is 0 Å². The van der Waals surface area contributed by atoms with Gasteiger partial charge in [0.15, 0.2) is 0 Å². The zero-order chi connectivity index (χ0) is 14.3. The fourth-order valence-electron chi connectivity index (χ4n) is 4.70. The maximum absolute atomic E-state index is 2.50. The Kier molecular flexibility index (Phi) is 4.97. The molecule has 0 saturated heterocycles. The van der Waals surface area contributed by atoms with E-state index < -0.39 is 8.07 Å². The molecule has 0 nitrogen and oxygen atoms in total. The lowest BCUT2D eigenvalue weighted by Gasteiger charge is -2.60. The third-order valence-electron chi connectivity index (χ3n) is 4.46. The average molecular weight is 272 g/mol. The van der Waals surface area contributed by atoms with Crippen molar-refractivity contribution < 1.29 is 0 Å². The highest BCUT2D eigenvalue weighted by molar-refractivity contribution is 6.95. The van der Waals surface area contributed by atoms with Gasteiger partial charge in [-0.2, -0.15) is 0 Å². The minimum absolute atomic E-state index is 0.176. The van der Waals surface area contributed by atoms with Crippen LogP contribution in [0.5, 0.6) is 0 Å². The molecule has 0 aromatic carbocycles. The molecule has 0 rings (SSSR count). The van der Waals surface area contributed by atoms with E-state index in [1.807, 2.05) is 0 Å². The number of hydrogen-bond donors (Lipinski definition) is 0. The topological polar surface area (TPSA) is 0 Å². The van der Waals surface area contributed by atoms with E-state index in [1.54, 1.807) is 0 Å². The second-order valence-corrected chi connectivity index (χ2v) is 19.2. The van der Waals surface area contributed by atoms with Crippen molar-refractivity contribution in [3.05, 3.63) is 0 Å². The van der Waals surface area contributed by atoms with Crippen LogP contribution >= 0.6 is 0 Å². The van der Waals surface area contributed by atoms with Crippen molar-refractivity contribution in [3.8, 4) is 0 Å². The quantitative estimate of drug-likeness (QED) is 0.530. The van der Waals surface area contributed by atoms with Crippen LogP contribution < -0.4 is 0 Å². The maximum atomic E-state index is 2.50. The molecule has 0 fully saturated rings. The van der Waals surface area contributed by atoms with E-state index in [0.717, 1.165) is 0 Å². The molecular weight excluding hydrogens is 236 g/mol. The van der Waals surface area contributed by atoms with E-state index in [0.29, 0.717) is 15.1 Å². The molecule has 0 aliphatic carbocycles. The predicted octanol–water partition coefficient (Wildman–Crippen LogP) is 6.13. The molecule has 17 heavy (non-hydrogen) atoms. The fourth-order valence-corrected chi connectivity index (χ4v) is 22.1. The summed E-state index contributed by atoms with van der Waals surface area (Å²) in [6.45, 7) is 27.5. The van der Waals surface area contributed by atoms with E-state index in [1.165, 1.54) is 5.67 Å². The lowest BCUT2D eigenvalue weighted by Crippen LogP contribution is -2.59. The van der Waals surface area contributed by atoms with Gasteiger partial charge in [-0.3, -0.25) is 0 Å². The van der Waals surface area contributed by atoms with Crippen LogP contribution in [0.25, 0.3) is 0 Å². The third kappa shape index (κ3) is 3.25. The van der Waals surface area contributed by atoms with Gasteiger partial charge in [0.05, 0.1) is 8.07 Å². The van der Waals surface area contributed by atoms with Crippen LogP contribution in [-0.2, 0) is 0 Å². The summed E-state index contributed by atoms with van der Waals surface area (Å²) in [7, 11) is -1.59. The van der Waals surface area contributed by atoms with Crippen LogP contribution in [0.2, 0.25) is 33.9 Å². The minimum atomic E-state index is -1.42. The van der Waals surface area contributed by atoms with Crippen LogP contribution in [0, 0.1) is 0 Å². The van der Waals surface area contributed by atoms with Gasteiger partial charge < -0.3 is 0 Å². The molecule has 0 aliphatic rings. The molecule has 0 amide bonds. The van der Waals surface area contributed by atoms with Crippen LogP contribution in [0.1, 0.15) is 62.3 Å². The number of hydrogen-bond acceptors (Lipinski definition) is 0. The summed E-state index contributed by atoms with van der Waals surface area (Å²) in [5.74, 6) is 0. The van der Waals surface area contributed by atoms with Gasteiger partial charge in [0.1, 0.15) is 0 Å². The van der Waals surface area contributed by atoms with Gasteiger partial charge >= 0.3 is 0 Å². The molecule has 0 aliphatic heterocycles. The van der Waals surface area contributed by atoms with Crippen LogP contribution in [-0.4, -0.2) is 16.9 Å². The molecule has 0 unspecified atom stereocenters. The summed E-state index contributed by atoms with van der Waals surface area (Å²) in [6, 6.07) is 0. The monoisotopic (exact) mass is 271 g/mol. The fraction of sp³-hybridized carbons (Fsp3) is 1.00. The Morgan fingerprint density at radius 2 is 0.882 bits per heavy atom. The largest absolute Gasteiger partial charge is 0.0715 e. The minimum Gasteiger partial charge on any atom is -0.0715 e. The average Bonchev–Trinajstić information content (AvgIpc) is 1.91. The highest BCUT2D eigenvalue weighted by Gasteiger charge is 2.58. The van der Waals surface area contributed by atoms with Gasteiger partial charge in [-0.25, -0.2) is 0 Å². The Hall–Kier alpha value is 0.434. The first-order valence-corrected chi connectivity index (χ1v) is 11.9. The summed E-state index contributed by atoms with van der Waals surface area (Å²) < 4.78 is 0. The third-order valence-corrected chi connectivity index (χ3v) is 17.1. The Bertz CT molecular complexity index is 210. The molecule has 0 spiro atoms. The predicted molar refractivity (Wildman–Crippen MR) is 87.2 cm³/mol. The second kappa shape index (κ2) is 4.84. The van der Waals surface area contributed by atoms with E-state index in [4.69, 9.17) is 0 Å². The molecule has 0 saturated carbocycles. The van der Waals surface area contributed by atoms with Crippen LogP contribution in [0.3, 0.4) is 0 Å². The molecule has 0 atom stereocenters. The first-order chi connectivity index (χ1) is 7.17. The molecule has 0 heterocycles. The lowest BCUT2D eigenvalue weighted by molar-refractivity contribution is 0.534. The molecule has 0 aromatic rings. The highest BCUT2D eigenvalue weighted by atomic mass is 28.4. The Labute approximate surface area is 113 Å². The zero-order valence-corrected chi connectivity index (χ0v) is 16.2. The normalized spacial score (nSPS) is 15.5. The maximum Gasteiger partial charge on any atom is 0.0669 e. The molecule has 0 N–H and O–H groups in total. The van der Waals surface area contributed by atoms with E-state index >= 15 is 0 Å². The summed E-state index contributed by atoms with van der Waals surface area (Å²) in [5, 5.41) is 1.43. The Balaban J connectivity index is 5.93. The zero-order valence-electron chi connectivity index (χ0n) is 14.2. The summed E-state index contributed by atoms with van der Waals surface area (Å²) >= 11 is 0. The van der Waals surface area contributed by atoms with E-state index in [-0.39, 0.29) is 8.80 Å². The van der Waals surface area contributed by atoms with Crippen LogP contribution in [0.4, 0.5) is 0 Å². The van der Waals surface area contributed by atoms with Crippen molar-refractivity contribution in [2.24, 2.45) is 0 Å². The number of rotatable bonds is 2. The van der Waals surface area contributed by atoms with Crippen molar-refractivity contribution in [2.45, 2.75) is 96.2 Å². The Morgan fingerprint density at radius 3 is 0.941 bits per heavy atom. The van der Waals surface area contributed by atoms with E-state index in [9.17, 15) is 0 Å². The highest BCUT2D eigenvalue weighted by Crippen LogP contribution is 2.64. The molecule has 103 valence electrons. The second-order valence-electron chi connectivity index (χ2n) is 9.04. The van der Waals surface area contributed by atoms with Gasteiger partial charge in [-0.1, -0.05) is 81.1 Å². The van der Waals surface area contributed by atoms with Crippen LogP contribution in [0.15, 0.2) is 0 Å². The van der Waals surface area contributed by atoms with Gasteiger partial charge in [-0.05, 0) is 15.1 Å². The Morgan fingerprint density at radius 1 is 0.647 bits per heavy atom. The van der Waals surface area contributed by atoms with Gasteiger partial charge in [0.2, 0.25) is 0 Å². The molecular formula is C15H35Si2. The summed E-state index contributed by atoms with van der Waals surface area (Å²) in [6.07, 6.45) is 0. The molecule has 2 heteroatoms. The lowest BCUT2D eigenvalue weighted by atomic mass is 10.2. The molecule has 1 radical (unpaired) electrons. The van der Waals surface area contributed by atoms with Crippen molar-refractivity contribution in [1.82, 2.24) is 0 Å². The van der Waals surface area contributed by atoms with Gasteiger partial charge in [-0.15, -0.1) is 0 Å². The standard InChI is InChI=1S/C15H35Si2/c1-13(2,3)17(12-16(10)11,14(4,5)6)15(7,8)9/h12H2,1-11H3. The van der Waals surface area contributed by atoms with Crippen molar-refractivity contribution in [1.29, 1.82) is 0 Å². The van der Waals surface area contributed by atoms with Crippen molar-refractivity contribution >= 4 is 16.9 Å². The van der Waals surface area contributed by atoms with Crippen molar-refractivity contribution in [2.75, 3.05) is 0 Å². The van der Waals surface area contributed by atoms with E-state index in [2.05, 4.69) is 75.4 Å². The summed E-state index contributed by atoms with van der Waals surface area (Å²) in [4.78, 5) is 0. The van der Waals surface area contributed by atoms with Gasteiger partial charge in [0, 0.05) is 8.80 Å². The summed E-state index contributed by atoms with van der Waals surface area (Å²) in [5.41, 5.74) is 1.54. The first-order valence-electron chi connectivity index (χ1n) is 6.96. The first kappa shape index (κ1) is 17.4. The molecule has 0 bridgehead atoms. The molecule has 0 aromatic heterocycles.